The molecule has 18 heteroatoms. The molecule has 276 valence electrons. The van der Waals surface area contributed by atoms with Gasteiger partial charge in [0.15, 0.2) is 12.2 Å². The molecule has 0 unspecified atom stereocenters. The number of halogens is 2. The van der Waals surface area contributed by atoms with Crippen molar-refractivity contribution in [1.82, 2.24) is 14.9 Å². The molecule has 3 aromatic rings. The predicted octanol–water partition coefficient (Wildman–Crippen LogP) is 3.13. The fourth-order valence-electron chi connectivity index (χ4n) is 4.94. The highest BCUT2D eigenvalue weighted by molar-refractivity contribution is 6.31. The first-order chi connectivity index (χ1) is 23.9. The molecule has 4 rings (SSSR count). The van der Waals surface area contributed by atoms with Crippen LogP contribution in [0, 0.1) is 5.82 Å². The number of carboxylic acids is 2. The number of benzene rings is 2. The van der Waals surface area contributed by atoms with E-state index in [9.17, 15) is 23.9 Å². The van der Waals surface area contributed by atoms with E-state index in [1.807, 2.05) is 6.07 Å². The van der Waals surface area contributed by atoms with E-state index in [1.165, 1.54) is 18.2 Å². The van der Waals surface area contributed by atoms with Gasteiger partial charge in [0.05, 0.1) is 34.8 Å². The minimum atomic E-state index is -2.27. The lowest BCUT2D eigenvalue weighted by Gasteiger charge is -2.25. The Labute approximate surface area is 298 Å². The van der Waals surface area contributed by atoms with E-state index in [-0.39, 0.29) is 16.9 Å². The summed E-state index contributed by atoms with van der Waals surface area (Å²) in [5.74, 6) is -3.38. The molecule has 3 atom stereocenters. The Morgan fingerprint density at radius 2 is 1.75 bits per heavy atom. The molecule has 2 heterocycles. The molecule has 1 aliphatic rings. The number of hydrogen-bond acceptors (Lipinski definition) is 13. The van der Waals surface area contributed by atoms with Gasteiger partial charge in [-0.25, -0.2) is 19.0 Å². The number of ether oxygens (including phenoxy) is 1. The Morgan fingerprint density at radius 1 is 1.10 bits per heavy atom. The highest BCUT2D eigenvalue weighted by Crippen LogP contribution is 2.40. The number of carboxylic acid groups (broad SMARTS) is 2. The van der Waals surface area contributed by atoms with Crippen LogP contribution in [0.25, 0.3) is 0 Å². The van der Waals surface area contributed by atoms with E-state index >= 15 is 0 Å². The van der Waals surface area contributed by atoms with Gasteiger partial charge in [-0.3, -0.25) is 4.79 Å². The number of aliphatic carboxylic acids is 2. The number of hydrogen-bond donors (Lipinski definition) is 8. The molecule has 0 aliphatic carbocycles. The normalized spacial score (nSPS) is 15.3. The van der Waals surface area contributed by atoms with Crippen LogP contribution >= 0.6 is 11.6 Å². The third-order valence-corrected chi connectivity index (χ3v) is 7.97. The number of amides is 1. The Balaban J connectivity index is 0.000000612. The van der Waals surface area contributed by atoms with Crippen molar-refractivity contribution in [3.8, 4) is 5.75 Å². The average molecular weight is 734 g/mol. The highest BCUT2D eigenvalue weighted by Gasteiger charge is 2.30. The lowest BCUT2D eigenvalue weighted by Crippen LogP contribution is -2.39. The number of likely N-dealkylation sites (N-methyl/N-ethyl adjacent to an activating group) is 1. The third kappa shape index (κ3) is 10.7. The molecule has 1 aliphatic heterocycles. The number of nitrogens with zero attached hydrogens (tertiary/aromatic N) is 4. The lowest BCUT2D eigenvalue weighted by molar-refractivity contribution is -0.165. The van der Waals surface area contributed by atoms with Gasteiger partial charge in [0.25, 0.3) is 0 Å². The maximum Gasteiger partial charge on any atom is 0.335 e. The molecule has 1 fully saturated rings. The highest BCUT2D eigenvalue weighted by atomic mass is 35.5. The van der Waals surface area contributed by atoms with Crippen LogP contribution in [0.2, 0.25) is 5.02 Å². The number of rotatable bonds is 13. The van der Waals surface area contributed by atoms with Crippen molar-refractivity contribution in [2.75, 3.05) is 55.1 Å². The second-order valence-electron chi connectivity index (χ2n) is 12.1. The molecule has 0 bridgehead atoms. The Morgan fingerprint density at radius 3 is 2.27 bits per heavy atom. The zero-order valence-electron chi connectivity index (χ0n) is 28.5. The smallest absolute Gasteiger partial charge is 0.335 e. The van der Waals surface area contributed by atoms with Gasteiger partial charge in [0.1, 0.15) is 17.4 Å². The molecule has 1 saturated heterocycles. The summed E-state index contributed by atoms with van der Waals surface area (Å²) >= 11 is 6.02. The Hall–Kier alpha value is -5.07. The molecular weight excluding hydrogens is 693 g/mol. The van der Waals surface area contributed by atoms with Crippen molar-refractivity contribution in [3.63, 3.8) is 0 Å². The summed E-state index contributed by atoms with van der Waals surface area (Å²) in [5, 5.41) is 52.2. The van der Waals surface area contributed by atoms with Crippen LogP contribution in [-0.2, 0) is 20.0 Å². The molecule has 1 amide bonds. The van der Waals surface area contributed by atoms with E-state index in [0.717, 1.165) is 25.2 Å². The summed E-state index contributed by atoms with van der Waals surface area (Å²) in [6, 6.07) is 8.25. The van der Waals surface area contributed by atoms with Crippen molar-refractivity contribution < 1.29 is 49.0 Å². The molecule has 8 N–H and O–H groups in total. The summed E-state index contributed by atoms with van der Waals surface area (Å²) in [7, 11) is 5.68. The average Bonchev–Trinajstić information content (AvgIpc) is 3.56. The Kier molecular flexibility index (Phi) is 13.6. The summed E-state index contributed by atoms with van der Waals surface area (Å²) in [6.07, 6.45) is -0.781. The largest absolute Gasteiger partial charge is 0.494 e. The number of aliphatic hydroxyl groups is 3. The minimum Gasteiger partial charge on any atom is -0.494 e. The van der Waals surface area contributed by atoms with E-state index < -0.39 is 35.6 Å². The molecular formula is C33H41ClFN7O9. The van der Waals surface area contributed by atoms with Crippen molar-refractivity contribution >= 4 is 64.0 Å². The van der Waals surface area contributed by atoms with Crippen molar-refractivity contribution in [2.24, 2.45) is 0 Å². The lowest BCUT2D eigenvalue weighted by atomic mass is 9.96. The van der Waals surface area contributed by atoms with E-state index in [4.69, 9.17) is 36.8 Å². The second-order valence-corrected chi connectivity index (χ2v) is 12.5. The van der Waals surface area contributed by atoms with Gasteiger partial charge in [-0.05, 0) is 64.7 Å². The fourth-order valence-corrected chi connectivity index (χ4v) is 5.10. The first kappa shape index (κ1) is 40.4. The van der Waals surface area contributed by atoms with Gasteiger partial charge in [0, 0.05) is 42.6 Å². The van der Waals surface area contributed by atoms with Gasteiger partial charge in [-0.2, -0.15) is 4.98 Å². The molecule has 0 spiro atoms. The standard InChI is InChI=1S/C29H35ClFN7O3.C4H6O6/c1-7-27(39)34-22-14-23(25(41-6)15-24(22)38-11-9-17(16-38)37(4)5)35-28-32-10-8-26(36-28)33-21-13-19(30)20(31)12-18(21)29(2,3)40;5-1(3(7)8)2(6)4(9)10/h7-8,10,12-15,17,40H,1,9,11,16H2,2-6H3,(H,34,39)(H2,32,33,35,36);1-2,5-6H,(H,7,8)(H,9,10)/t17-;1-,2-/m11/s1. The van der Waals surface area contributed by atoms with Gasteiger partial charge in [-0.1, -0.05) is 18.2 Å². The number of nitrogens with one attached hydrogen (secondary N) is 3. The van der Waals surface area contributed by atoms with Crippen LogP contribution in [0.3, 0.4) is 0 Å². The number of methoxy groups -OCH3 is 1. The third-order valence-electron chi connectivity index (χ3n) is 7.68. The van der Waals surface area contributed by atoms with Gasteiger partial charge >= 0.3 is 11.9 Å². The summed E-state index contributed by atoms with van der Waals surface area (Å²) in [4.78, 5) is 45.1. The zero-order chi connectivity index (χ0) is 38.2. The molecule has 51 heavy (non-hydrogen) atoms. The van der Waals surface area contributed by atoms with Crippen LogP contribution in [0.15, 0.2) is 49.2 Å². The topological polar surface area (TPSA) is 230 Å². The van der Waals surface area contributed by atoms with Crippen LogP contribution in [0.5, 0.6) is 5.75 Å². The minimum absolute atomic E-state index is 0.0956. The first-order valence-electron chi connectivity index (χ1n) is 15.3. The number of carbonyl (C=O) groups excluding carboxylic acids is 1. The van der Waals surface area contributed by atoms with Crippen LogP contribution < -0.4 is 25.6 Å². The number of aliphatic hydroxyl groups excluding tert-OH is 2. The maximum absolute atomic E-state index is 14.2. The summed E-state index contributed by atoms with van der Waals surface area (Å²) in [6.45, 7) is 8.30. The summed E-state index contributed by atoms with van der Waals surface area (Å²) < 4.78 is 19.9. The maximum atomic E-state index is 14.2. The monoisotopic (exact) mass is 733 g/mol. The second kappa shape index (κ2) is 17.2. The van der Waals surface area contributed by atoms with Crippen molar-refractivity contribution in [1.29, 1.82) is 0 Å². The van der Waals surface area contributed by atoms with Crippen LogP contribution in [0.4, 0.5) is 38.9 Å². The van der Waals surface area contributed by atoms with Crippen LogP contribution in [-0.4, -0.2) is 111 Å². The van der Waals surface area contributed by atoms with Crippen molar-refractivity contribution in [3.05, 3.63) is 65.6 Å². The number of anilines is 6. The van der Waals surface area contributed by atoms with Gasteiger partial charge in [-0.15, -0.1) is 0 Å². The predicted molar refractivity (Wildman–Crippen MR) is 189 cm³/mol. The first-order valence-corrected chi connectivity index (χ1v) is 15.7. The zero-order valence-corrected chi connectivity index (χ0v) is 29.3. The SMILES string of the molecule is C=CC(=O)Nc1cc(Nc2nccc(Nc3cc(Cl)c(F)cc3C(C)(C)O)n2)c(OC)cc1N1CC[C@@H](N(C)C)C1.O=C(O)[C@H](O)[C@@H](O)C(=O)O. The molecule has 16 nitrogen and oxygen atoms in total. The van der Waals surface area contributed by atoms with Gasteiger partial charge < -0.3 is 56.0 Å². The summed E-state index contributed by atoms with van der Waals surface area (Å²) in [5.41, 5.74) is 1.30. The molecule has 2 aromatic carbocycles. The molecule has 0 saturated carbocycles. The molecule has 0 radical (unpaired) electrons. The number of aromatic nitrogens is 2. The Bertz CT molecular complexity index is 1740. The quantitative estimate of drug-likeness (QED) is 0.118. The number of carbonyl (C=O) groups is 3. The fraction of sp³-hybridized carbons (Fsp3) is 0.364. The van der Waals surface area contributed by atoms with E-state index in [0.29, 0.717) is 40.2 Å². The van der Waals surface area contributed by atoms with E-state index in [2.05, 4.69) is 56.4 Å². The molecule has 1 aromatic heterocycles. The van der Waals surface area contributed by atoms with Gasteiger partial charge in [0.2, 0.25) is 11.9 Å². The van der Waals surface area contributed by atoms with Crippen molar-refractivity contribution in [2.45, 2.75) is 44.1 Å². The van der Waals surface area contributed by atoms with Crippen LogP contribution in [0.1, 0.15) is 25.8 Å². The van der Waals surface area contributed by atoms with E-state index in [1.54, 1.807) is 39.3 Å².